The highest BCUT2D eigenvalue weighted by Gasteiger charge is 2.25. The minimum Gasteiger partial charge on any atom is -0.314 e. The normalized spacial score (nSPS) is 17.2. The van der Waals surface area contributed by atoms with Crippen molar-refractivity contribution in [2.24, 2.45) is 0 Å². The third-order valence-electron chi connectivity index (χ3n) is 3.63. The van der Waals surface area contributed by atoms with Gasteiger partial charge in [-0.1, -0.05) is 22.0 Å². The summed E-state index contributed by atoms with van der Waals surface area (Å²) in [5.74, 6) is -0.204. The average molecular weight is 392 g/mol. The highest BCUT2D eigenvalue weighted by Crippen LogP contribution is 2.35. The molecule has 1 aliphatic heterocycles. The molecule has 1 aliphatic rings. The molecule has 1 atom stereocenters. The van der Waals surface area contributed by atoms with Crippen LogP contribution < -0.4 is 5.32 Å². The first-order valence-electron chi connectivity index (χ1n) is 6.67. The second kappa shape index (κ2) is 7.70. The smallest absolute Gasteiger partial charge is 0.124 e. The first-order chi connectivity index (χ1) is 9.75. The summed E-state index contributed by atoms with van der Waals surface area (Å²) in [6.07, 6.45) is 0. The number of hydrogen-bond acceptors (Lipinski definition) is 3. The van der Waals surface area contributed by atoms with Gasteiger partial charge >= 0.3 is 0 Å². The summed E-state index contributed by atoms with van der Waals surface area (Å²) >= 11 is 5.22. The van der Waals surface area contributed by atoms with Gasteiger partial charge in [-0.15, -0.1) is 12.4 Å². The van der Waals surface area contributed by atoms with Crippen LogP contribution in [0, 0.1) is 5.82 Å². The van der Waals surface area contributed by atoms with E-state index in [9.17, 15) is 4.39 Å². The maximum absolute atomic E-state index is 13.3. The van der Waals surface area contributed by atoms with E-state index >= 15 is 0 Å². The van der Waals surface area contributed by atoms with Crippen molar-refractivity contribution in [3.05, 3.63) is 56.4 Å². The molecule has 2 nitrogen and oxygen atoms in total. The fourth-order valence-electron chi connectivity index (χ4n) is 2.68. The molecule has 1 fully saturated rings. The Hall–Kier alpha value is -0.460. The van der Waals surface area contributed by atoms with E-state index in [4.69, 9.17) is 0 Å². The van der Waals surface area contributed by atoms with Crippen molar-refractivity contribution in [2.75, 3.05) is 26.2 Å². The van der Waals surface area contributed by atoms with E-state index in [1.54, 1.807) is 23.5 Å². The predicted octanol–water partition coefficient (Wildman–Crippen LogP) is 4.07. The number of nitrogens with zero attached hydrogens (tertiary/aromatic N) is 1. The Morgan fingerprint density at radius 3 is 2.62 bits per heavy atom. The molecule has 1 N–H and O–H groups in total. The summed E-state index contributed by atoms with van der Waals surface area (Å²) in [5, 5.41) is 7.66. The Bertz CT molecular complexity index is 573. The number of rotatable bonds is 3. The Kier molecular flexibility index (Phi) is 6.20. The largest absolute Gasteiger partial charge is 0.314 e. The van der Waals surface area contributed by atoms with Crippen molar-refractivity contribution in [3.8, 4) is 0 Å². The lowest BCUT2D eigenvalue weighted by molar-refractivity contribution is 0.198. The third-order valence-corrected chi connectivity index (χ3v) is 5.02. The van der Waals surface area contributed by atoms with Crippen LogP contribution in [0.2, 0.25) is 0 Å². The zero-order valence-corrected chi connectivity index (χ0v) is 14.6. The minimum absolute atomic E-state index is 0. The van der Waals surface area contributed by atoms with E-state index in [1.165, 1.54) is 5.56 Å². The van der Waals surface area contributed by atoms with E-state index in [2.05, 4.69) is 43.0 Å². The number of thiophene rings is 1. The van der Waals surface area contributed by atoms with Crippen LogP contribution in [0.1, 0.15) is 17.2 Å². The molecule has 3 rings (SSSR count). The zero-order valence-electron chi connectivity index (χ0n) is 11.4. The first kappa shape index (κ1) is 16.9. The standard InChI is InChI=1S/C15H16BrFN2S.ClH/c16-14-9-12(17)1-2-13(14)15(11-3-8-20-10-11)19-6-4-18-5-7-19;/h1-3,8-10,15,18H,4-7H2;1H/t15-;/m0./s1. The van der Waals surface area contributed by atoms with E-state index in [-0.39, 0.29) is 24.3 Å². The number of halogens is 3. The molecule has 0 bridgehead atoms. The Balaban J connectivity index is 0.00000161. The van der Waals surface area contributed by atoms with Gasteiger partial charge in [0, 0.05) is 30.7 Å². The van der Waals surface area contributed by atoms with Crippen molar-refractivity contribution in [1.29, 1.82) is 0 Å². The first-order valence-corrected chi connectivity index (χ1v) is 8.41. The maximum atomic E-state index is 13.3. The predicted molar refractivity (Wildman–Crippen MR) is 92.0 cm³/mol. The molecule has 0 amide bonds. The summed E-state index contributed by atoms with van der Waals surface area (Å²) < 4.78 is 14.2. The van der Waals surface area contributed by atoms with Crippen molar-refractivity contribution in [1.82, 2.24) is 10.2 Å². The van der Waals surface area contributed by atoms with E-state index in [1.807, 2.05) is 6.07 Å². The van der Waals surface area contributed by atoms with Gasteiger partial charge in [0.2, 0.25) is 0 Å². The van der Waals surface area contributed by atoms with Crippen LogP contribution in [-0.4, -0.2) is 31.1 Å². The van der Waals surface area contributed by atoms with Crippen LogP contribution in [0.25, 0.3) is 0 Å². The van der Waals surface area contributed by atoms with Crippen molar-refractivity contribution >= 4 is 39.7 Å². The van der Waals surface area contributed by atoms with Crippen LogP contribution in [0.4, 0.5) is 4.39 Å². The topological polar surface area (TPSA) is 15.3 Å². The molecule has 0 unspecified atom stereocenters. The number of hydrogen-bond donors (Lipinski definition) is 1. The summed E-state index contributed by atoms with van der Waals surface area (Å²) in [6.45, 7) is 4.01. The lowest BCUT2D eigenvalue weighted by Crippen LogP contribution is -2.45. The van der Waals surface area contributed by atoms with E-state index in [0.717, 1.165) is 36.2 Å². The molecule has 1 saturated heterocycles. The number of nitrogens with one attached hydrogen (secondary N) is 1. The molecule has 0 saturated carbocycles. The van der Waals surface area contributed by atoms with E-state index in [0.29, 0.717) is 0 Å². The molecule has 0 spiro atoms. The van der Waals surface area contributed by atoms with Gasteiger partial charge in [-0.2, -0.15) is 11.3 Å². The van der Waals surface area contributed by atoms with Crippen molar-refractivity contribution in [3.63, 3.8) is 0 Å². The monoisotopic (exact) mass is 390 g/mol. The molecule has 1 aromatic carbocycles. The van der Waals surface area contributed by atoms with Gasteiger partial charge < -0.3 is 5.32 Å². The van der Waals surface area contributed by atoms with E-state index < -0.39 is 0 Å². The summed E-state index contributed by atoms with van der Waals surface area (Å²) in [4.78, 5) is 2.45. The SMILES string of the molecule is Cl.Fc1ccc([C@H](c2ccsc2)N2CCNCC2)c(Br)c1. The highest BCUT2D eigenvalue weighted by molar-refractivity contribution is 9.10. The molecular weight excluding hydrogens is 375 g/mol. The van der Waals surface area contributed by atoms with Gasteiger partial charge in [-0.25, -0.2) is 4.39 Å². The van der Waals surface area contributed by atoms with Gasteiger partial charge in [0.15, 0.2) is 0 Å². The molecular formula is C15H17BrClFN2S. The van der Waals surface area contributed by atoms with Gasteiger partial charge in [0.05, 0.1) is 6.04 Å². The lowest BCUT2D eigenvalue weighted by atomic mass is 9.99. The summed E-state index contributed by atoms with van der Waals surface area (Å²) in [7, 11) is 0. The second-order valence-electron chi connectivity index (χ2n) is 4.91. The third kappa shape index (κ3) is 3.85. The molecule has 2 heterocycles. The lowest BCUT2D eigenvalue weighted by Gasteiger charge is -2.35. The minimum atomic E-state index is -0.204. The van der Waals surface area contributed by atoms with Crippen LogP contribution in [0.3, 0.4) is 0 Å². The van der Waals surface area contributed by atoms with Crippen LogP contribution in [-0.2, 0) is 0 Å². The van der Waals surface area contributed by atoms with Crippen LogP contribution in [0.15, 0.2) is 39.5 Å². The maximum Gasteiger partial charge on any atom is 0.124 e. The zero-order chi connectivity index (χ0) is 13.9. The van der Waals surface area contributed by atoms with Gasteiger partial charge in [-0.3, -0.25) is 4.90 Å². The van der Waals surface area contributed by atoms with Crippen molar-refractivity contribution in [2.45, 2.75) is 6.04 Å². The Morgan fingerprint density at radius 2 is 2.00 bits per heavy atom. The average Bonchev–Trinajstić information content (AvgIpc) is 2.97. The van der Waals surface area contributed by atoms with Crippen LogP contribution >= 0.6 is 39.7 Å². The van der Waals surface area contributed by atoms with Gasteiger partial charge in [0.1, 0.15) is 5.82 Å². The number of benzene rings is 1. The molecule has 1 aromatic heterocycles. The van der Waals surface area contributed by atoms with Crippen molar-refractivity contribution < 1.29 is 4.39 Å². The fourth-order valence-corrected chi connectivity index (χ4v) is 3.93. The molecule has 2 aromatic rings. The quantitative estimate of drug-likeness (QED) is 0.848. The van der Waals surface area contributed by atoms with Crippen LogP contribution in [0.5, 0.6) is 0 Å². The highest BCUT2D eigenvalue weighted by atomic mass is 79.9. The molecule has 0 radical (unpaired) electrons. The molecule has 21 heavy (non-hydrogen) atoms. The molecule has 0 aliphatic carbocycles. The second-order valence-corrected chi connectivity index (χ2v) is 6.55. The Morgan fingerprint density at radius 1 is 1.24 bits per heavy atom. The van der Waals surface area contributed by atoms with Gasteiger partial charge in [0.25, 0.3) is 0 Å². The molecule has 114 valence electrons. The fraction of sp³-hybridized carbons (Fsp3) is 0.333. The Labute approximate surface area is 142 Å². The molecule has 6 heteroatoms. The summed E-state index contributed by atoms with van der Waals surface area (Å²) in [5.41, 5.74) is 2.41. The summed E-state index contributed by atoms with van der Waals surface area (Å²) in [6, 6.07) is 7.34. The number of piperazine rings is 1. The van der Waals surface area contributed by atoms with Gasteiger partial charge in [-0.05, 0) is 40.1 Å².